The van der Waals surface area contributed by atoms with Gasteiger partial charge in [0.05, 0.1) is 11.4 Å². The fraction of sp³-hybridized carbons (Fsp3) is 0.267. The van der Waals surface area contributed by atoms with E-state index in [2.05, 4.69) is 15.6 Å². The Morgan fingerprint density at radius 3 is 2.62 bits per heavy atom. The standard InChI is InChI=1S/C15H18N4O2/c1-4-19-14(9-10(2)17-19)15(20)16-13-7-5-12(6-8-13)11(3)18-21/h5-9,21H,4H2,1-3H3,(H,16,20). The van der Waals surface area contributed by atoms with Gasteiger partial charge >= 0.3 is 0 Å². The van der Waals surface area contributed by atoms with Crippen LogP contribution in [0.15, 0.2) is 35.5 Å². The molecule has 0 spiro atoms. The van der Waals surface area contributed by atoms with Crippen molar-refractivity contribution >= 4 is 17.3 Å². The van der Waals surface area contributed by atoms with E-state index in [9.17, 15) is 4.79 Å². The molecule has 1 aromatic heterocycles. The summed E-state index contributed by atoms with van der Waals surface area (Å²) in [7, 11) is 0. The summed E-state index contributed by atoms with van der Waals surface area (Å²) in [6.07, 6.45) is 0. The number of aryl methyl sites for hydroxylation is 2. The van der Waals surface area contributed by atoms with Crippen LogP contribution in [0.5, 0.6) is 0 Å². The summed E-state index contributed by atoms with van der Waals surface area (Å²) in [4.78, 5) is 12.2. The van der Waals surface area contributed by atoms with Crippen LogP contribution in [-0.4, -0.2) is 26.6 Å². The lowest BCUT2D eigenvalue weighted by Gasteiger charge is -2.07. The monoisotopic (exact) mass is 286 g/mol. The molecule has 0 atom stereocenters. The number of anilines is 1. The number of amides is 1. The van der Waals surface area contributed by atoms with Crippen molar-refractivity contribution in [3.05, 3.63) is 47.3 Å². The number of carbonyl (C=O) groups excluding carboxylic acids is 1. The van der Waals surface area contributed by atoms with Crippen LogP contribution in [0.25, 0.3) is 0 Å². The van der Waals surface area contributed by atoms with Crippen LogP contribution in [0.2, 0.25) is 0 Å². The Morgan fingerprint density at radius 2 is 2.05 bits per heavy atom. The number of nitrogens with zero attached hydrogens (tertiary/aromatic N) is 3. The van der Waals surface area contributed by atoms with Gasteiger partial charge in [-0.2, -0.15) is 5.10 Å². The third-order valence-corrected chi connectivity index (χ3v) is 3.14. The molecule has 6 nitrogen and oxygen atoms in total. The van der Waals surface area contributed by atoms with Crippen LogP contribution >= 0.6 is 0 Å². The number of aromatic nitrogens is 2. The van der Waals surface area contributed by atoms with Crippen LogP contribution in [0.4, 0.5) is 5.69 Å². The van der Waals surface area contributed by atoms with E-state index in [0.717, 1.165) is 11.3 Å². The smallest absolute Gasteiger partial charge is 0.273 e. The van der Waals surface area contributed by atoms with Crippen molar-refractivity contribution < 1.29 is 10.0 Å². The highest BCUT2D eigenvalue weighted by molar-refractivity contribution is 6.03. The first-order valence-corrected chi connectivity index (χ1v) is 6.70. The predicted molar refractivity (Wildman–Crippen MR) is 81.0 cm³/mol. The molecule has 110 valence electrons. The average Bonchev–Trinajstić information content (AvgIpc) is 2.88. The first-order valence-electron chi connectivity index (χ1n) is 6.70. The fourth-order valence-electron chi connectivity index (χ4n) is 2.02. The maximum atomic E-state index is 12.2. The Bertz CT molecular complexity index is 671. The van der Waals surface area contributed by atoms with E-state index in [4.69, 9.17) is 5.21 Å². The first-order chi connectivity index (χ1) is 10.0. The average molecular weight is 286 g/mol. The maximum absolute atomic E-state index is 12.2. The SMILES string of the molecule is CCn1nc(C)cc1C(=O)Nc1ccc(C(C)=NO)cc1. The van der Waals surface area contributed by atoms with E-state index in [1.54, 1.807) is 41.9 Å². The summed E-state index contributed by atoms with van der Waals surface area (Å²) in [5.74, 6) is -0.197. The highest BCUT2D eigenvalue weighted by atomic mass is 16.4. The molecule has 0 unspecified atom stereocenters. The summed E-state index contributed by atoms with van der Waals surface area (Å²) in [5, 5.41) is 18.9. The maximum Gasteiger partial charge on any atom is 0.273 e. The molecule has 0 saturated carbocycles. The first kappa shape index (κ1) is 14.8. The lowest BCUT2D eigenvalue weighted by atomic mass is 10.1. The third kappa shape index (κ3) is 3.28. The molecule has 0 radical (unpaired) electrons. The molecular formula is C15H18N4O2. The zero-order valence-corrected chi connectivity index (χ0v) is 12.3. The van der Waals surface area contributed by atoms with Gasteiger partial charge in [-0.15, -0.1) is 0 Å². The zero-order chi connectivity index (χ0) is 15.4. The van der Waals surface area contributed by atoms with E-state index >= 15 is 0 Å². The summed E-state index contributed by atoms with van der Waals surface area (Å²) >= 11 is 0. The molecule has 0 aliphatic heterocycles. The molecule has 1 aromatic carbocycles. The summed E-state index contributed by atoms with van der Waals surface area (Å²) in [5.41, 5.74) is 3.34. The fourth-order valence-corrected chi connectivity index (χ4v) is 2.02. The third-order valence-electron chi connectivity index (χ3n) is 3.14. The topological polar surface area (TPSA) is 79.5 Å². The molecule has 1 heterocycles. The van der Waals surface area contributed by atoms with Gasteiger partial charge in [0.2, 0.25) is 0 Å². The van der Waals surface area contributed by atoms with E-state index in [1.807, 2.05) is 13.8 Å². The summed E-state index contributed by atoms with van der Waals surface area (Å²) in [6.45, 7) is 6.14. The molecule has 1 amide bonds. The largest absolute Gasteiger partial charge is 0.411 e. The number of hydrogen-bond acceptors (Lipinski definition) is 4. The Labute approximate surface area is 123 Å². The van der Waals surface area contributed by atoms with E-state index in [1.165, 1.54) is 0 Å². The second kappa shape index (κ2) is 6.21. The van der Waals surface area contributed by atoms with Crippen LogP contribution < -0.4 is 5.32 Å². The number of nitrogens with one attached hydrogen (secondary N) is 1. The molecule has 2 aromatic rings. The number of carbonyl (C=O) groups is 1. The Balaban J connectivity index is 2.16. The van der Waals surface area contributed by atoms with Crippen molar-refractivity contribution in [1.29, 1.82) is 0 Å². The van der Waals surface area contributed by atoms with Crippen molar-refractivity contribution in [2.24, 2.45) is 5.16 Å². The van der Waals surface area contributed by atoms with Crippen molar-refractivity contribution in [3.63, 3.8) is 0 Å². The van der Waals surface area contributed by atoms with Gasteiger partial charge in [-0.1, -0.05) is 17.3 Å². The van der Waals surface area contributed by atoms with Gasteiger partial charge in [0.1, 0.15) is 5.69 Å². The van der Waals surface area contributed by atoms with Crippen LogP contribution in [-0.2, 0) is 6.54 Å². The molecule has 6 heteroatoms. The number of rotatable bonds is 4. The van der Waals surface area contributed by atoms with Gasteiger partial charge in [-0.25, -0.2) is 0 Å². The van der Waals surface area contributed by atoms with Gasteiger partial charge in [0, 0.05) is 12.2 Å². The van der Waals surface area contributed by atoms with Crippen molar-refractivity contribution in [2.75, 3.05) is 5.32 Å². The van der Waals surface area contributed by atoms with E-state index in [0.29, 0.717) is 23.6 Å². The van der Waals surface area contributed by atoms with Gasteiger partial charge < -0.3 is 10.5 Å². The molecule has 21 heavy (non-hydrogen) atoms. The summed E-state index contributed by atoms with van der Waals surface area (Å²) < 4.78 is 1.67. The van der Waals surface area contributed by atoms with Crippen LogP contribution in [0.1, 0.15) is 35.6 Å². The second-order valence-electron chi connectivity index (χ2n) is 4.70. The number of hydrogen-bond donors (Lipinski definition) is 2. The normalized spacial score (nSPS) is 11.5. The Hall–Kier alpha value is -2.63. The molecule has 0 aliphatic rings. The van der Waals surface area contributed by atoms with Gasteiger partial charge in [0.25, 0.3) is 5.91 Å². The van der Waals surface area contributed by atoms with Crippen LogP contribution in [0.3, 0.4) is 0 Å². The molecule has 2 rings (SSSR count). The van der Waals surface area contributed by atoms with E-state index in [-0.39, 0.29) is 5.91 Å². The minimum Gasteiger partial charge on any atom is -0.411 e. The van der Waals surface area contributed by atoms with Crippen molar-refractivity contribution in [2.45, 2.75) is 27.3 Å². The van der Waals surface area contributed by atoms with Crippen LogP contribution in [0, 0.1) is 6.92 Å². The zero-order valence-electron chi connectivity index (χ0n) is 12.3. The molecule has 0 fully saturated rings. The lowest BCUT2D eigenvalue weighted by molar-refractivity contribution is 0.101. The minimum atomic E-state index is -0.197. The molecular weight excluding hydrogens is 268 g/mol. The van der Waals surface area contributed by atoms with Gasteiger partial charge in [0.15, 0.2) is 0 Å². The van der Waals surface area contributed by atoms with Crippen molar-refractivity contribution in [3.8, 4) is 0 Å². The minimum absolute atomic E-state index is 0.197. The number of oxime groups is 1. The highest BCUT2D eigenvalue weighted by Crippen LogP contribution is 2.13. The Kier molecular flexibility index (Phi) is 4.37. The second-order valence-corrected chi connectivity index (χ2v) is 4.70. The van der Waals surface area contributed by atoms with Crippen molar-refractivity contribution in [1.82, 2.24) is 9.78 Å². The van der Waals surface area contributed by atoms with Gasteiger partial charge in [-0.05, 0) is 44.5 Å². The molecule has 0 aliphatic carbocycles. The highest BCUT2D eigenvalue weighted by Gasteiger charge is 2.13. The quantitative estimate of drug-likeness (QED) is 0.515. The lowest BCUT2D eigenvalue weighted by Crippen LogP contribution is -2.17. The van der Waals surface area contributed by atoms with E-state index < -0.39 is 0 Å². The summed E-state index contributed by atoms with van der Waals surface area (Å²) in [6, 6.07) is 8.86. The predicted octanol–water partition coefficient (Wildman–Crippen LogP) is 2.66. The molecule has 0 bridgehead atoms. The number of benzene rings is 1. The molecule has 2 N–H and O–H groups in total. The Morgan fingerprint density at radius 1 is 1.38 bits per heavy atom. The molecule has 0 saturated heterocycles. The van der Waals surface area contributed by atoms with Gasteiger partial charge in [-0.3, -0.25) is 9.48 Å².